The fourth-order valence-corrected chi connectivity index (χ4v) is 4.54. The van der Waals surface area contributed by atoms with Gasteiger partial charge in [-0.1, -0.05) is 89.1 Å². The first-order chi connectivity index (χ1) is 15.6. The topological polar surface area (TPSA) is 83.6 Å². The highest BCUT2D eigenvalue weighted by molar-refractivity contribution is 5.60. The standard InChI is InChI=1S/C29H35NO4/c1-17-12-21(26(31)23(14-17)28(3,4)5)25(19-10-9-11-20(16-19)30(33)34)22-13-18(2)15-24(27(22)32)29(6,7)8/h9-16,25,31-32H,1-8H3. The number of rotatable bonds is 4. The van der Waals surface area contributed by atoms with E-state index in [1.807, 2.05) is 85.7 Å². The maximum absolute atomic E-state index is 11.6. The number of aryl methyl sites for hydroxylation is 2. The molecule has 0 fully saturated rings. The van der Waals surface area contributed by atoms with Crippen LogP contribution in [0.2, 0.25) is 0 Å². The first-order valence-electron chi connectivity index (χ1n) is 11.5. The van der Waals surface area contributed by atoms with Crippen LogP contribution in [0.1, 0.15) is 86.4 Å². The third-order valence-corrected chi connectivity index (χ3v) is 6.22. The number of hydrogen-bond acceptors (Lipinski definition) is 4. The maximum Gasteiger partial charge on any atom is 0.269 e. The molecule has 3 rings (SSSR count). The Hall–Kier alpha value is -3.34. The Kier molecular flexibility index (Phi) is 6.53. The summed E-state index contributed by atoms with van der Waals surface area (Å²) < 4.78 is 0. The zero-order valence-corrected chi connectivity index (χ0v) is 21.4. The van der Waals surface area contributed by atoms with Crippen LogP contribution in [-0.2, 0) is 10.8 Å². The number of phenolic OH excluding ortho intramolecular Hbond substituents is 2. The van der Waals surface area contributed by atoms with E-state index in [9.17, 15) is 20.3 Å². The van der Waals surface area contributed by atoms with Crippen LogP contribution in [-0.4, -0.2) is 15.1 Å². The molecule has 5 nitrogen and oxygen atoms in total. The number of non-ortho nitro benzene ring substituents is 1. The third kappa shape index (κ3) is 4.93. The number of phenols is 2. The van der Waals surface area contributed by atoms with Gasteiger partial charge in [-0.25, -0.2) is 0 Å². The van der Waals surface area contributed by atoms with E-state index < -0.39 is 10.8 Å². The quantitative estimate of drug-likeness (QED) is 0.241. The second-order valence-corrected chi connectivity index (χ2v) is 11.3. The zero-order chi connectivity index (χ0) is 25.6. The van der Waals surface area contributed by atoms with Gasteiger partial charge in [0.25, 0.3) is 5.69 Å². The Bertz CT molecular complexity index is 1180. The SMILES string of the molecule is Cc1cc(C(c2cccc([N+](=O)[O-])c2)c2cc(C)cc(C(C)(C)C)c2O)c(O)c(C(C)(C)C)c1. The fourth-order valence-electron chi connectivity index (χ4n) is 4.54. The Morgan fingerprint density at radius 2 is 1.21 bits per heavy atom. The zero-order valence-electron chi connectivity index (χ0n) is 21.4. The van der Waals surface area contributed by atoms with Crippen LogP contribution < -0.4 is 0 Å². The largest absolute Gasteiger partial charge is 0.507 e. The molecular formula is C29H35NO4. The van der Waals surface area contributed by atoms with Crippen molar-refractivity contribution in [3.8, 4) is 11.5 Å². The lowest BCUT2D eigenvalue weighted by Gasteiger charge is -2.29. The van der Waals surface area contributed by atoms with E-state index in [4.69, 9.17) is 0 Å². The number of nitrogens with zero attached hydrogens (tertiary/aromatic N) is 1. The summed E-state index contributed by atoms with van der Waals surface area (Å²) >= 11 is 0. The molecule has 0 heterocycles. The van der Waals surface area contributed by atoms with Crippen LogP contribution in [0, 0.1) is 24.0 Å². The summed E-state index contributed by atoms with van der Waals surface area (Å²) in [6.07, 6.45) is 0. The highest BCUT2D eigenvalue weighted by Gasteiger charge is 2.31. The van der Waals surface area contributed by atoms with Crippen molar-refractivity contribution in [1.82, 2.24) is 0 Å². The Labute approximate surface area is 202 Å². The van der Waals surface area contributed by atoms with Gasteiger partial charge in [-0.2, -0.15) is 0 Å². The van der Waals surface area contributed by atoms with Gasteiger partial charge in [0, 0.05) is 29.2 Å². The van der Waals surface area contributed by atoms with Crippen molar-refractivity contribution in [3.63, 3.8) is 0 Å². The summed E-state index contributed by atoms with van der Waals surface area (Å²) in [4.78, 5) is 11.1. The normalized spacial score (nSPS) is 12.3. The molecule has 5 heteroatoms. The predicted octanol–water partition coefficient (Wildman–Crippen LogP) is 7.40. The van der Waals surface area contributed by atoms with Gasteiger partial charge < -0.3 is 10.2 Å². The highest BCUT2D eigenvalue weighted by Crippen LogP contribution is 2.47. The van der Waals surface area contributed by atoms with Crippen LogP contribution in [0.25, 0.3) is 0 Å². The molecule has 0 saturated heterocycles. The third-order valence-electron chi connectivity index (χ3n) is 6.22. The van der Waals surface area contributed by atoms with Crippen molar-refractivity contribution in [2.45, 2.75) is 72.1 Å². The smallest absolute Gasteiger partial charge is 0.269 e. The van der Waals surface area contributed by atoms with E-state index in [2.05, 4.69) is 0 Å². The average Bonchev–Trinajstić information content (AvgIpc) is 2.71. The summed E-state index contributed by atoms with van der Waals surface area (Å²) in [5.41, 5.74) is 4.73. The first kappa shape index (κ1) is 25.3. The molecule has 0 aromatic heterocycles. The van der Waals surface area contributed by atoms with E-state index in [1.54, 1.807) is 6.07 Å². The van der Waals surface area contributed by atoms with E-state index in [-0.39, 0.29) is 28.0 Å². The molecule has 0 atom stereocenters. The van der Waals surface area contributed by atoms with Crippen molar-refractivity contribution in [2.75, 3.05) is 0 Å². The molecule has 3 aromatic carbocycles. The van der Waals surface area contributed by atoms with Gasteiger partial charge in [0.05, 0.1) is 4.92 Å². The predicted molar refractivity (Wildman–Crippen MR) is 137 cm³/mol. The minimum atomic E-state index is -0.595. The van der Waals surface area contributed by atoms with E-state index >= 15 is 0 Å². The number of nitro benzene ring substituents is 1. The van der Waals surface area contributed by atoms with Crippen LogP contribution in [0.3, 0.4) is 0 Å². The Balaban J connectivity index is 2.45. The molecular weight excluding hydrogens is 426 g/mol. The molecule has 3 aromatic rings. The Morgan fingerprint density at radius 3 is 1.59 bits per heavy atom. The molecule has 0 amide bonds. The van der Waals surface area contributed by atoms with Crippen LogP contribution >= 0.6 is 0 Å². The van der Waals surface area contributed by atoms with Crippen molar-refractivity contribution < 1.29 is 15.1 Å². The summed E-state index contributed by atoms with van der Waals surface area (Å²) in [5.74, 6) is -0.303. The number of nitro groups is 1. The van der Waals surface area contributed by atoms with E-state index in [0.717, 1.165) is 22.3 Å². The minimum absolute atomic E-state index is 0.0334. The summed E-state index contributed by atoms with van der Waals surface area (Å²) in [6, 6.07) is 14.2. The molecule has 0 aliphatic heterocycles. The van der Waals surface area contributed by atoms with Gasteiger partial charge in [0.2, 0.25) is 0 Å². The lowest BCUT2D eigenvalue weighted by Crippen LogP contribution is -2.16. The molecule has 180 valence electrons. The number of aromatic hydroxyl groups is 2. The summed E-state index contributed by atoms with van der Waals surface area (Å²) in [6.45, 7) is 16.2. The number of benzene rings is 3. The molecule has 0 bridgehead atoms. The lowest BCUT2D eigenvalue weighted by molar-refractivity contribution is -0.384. The first-order valence-corrected chi connectivity index (χ1v) is 11.5. The minimum Gasteiger partial charge on any atom is -0.507 e. The van der Waals surface area contributed by atoms with Gasteiger partial charge in [-0.15, -0.1) is 0 Å². The second-order valence-electron chi connectivity index (χ2n) is 11.3. The van der Waals surface area contributed by atoms with Crippen LogP contribution in [0.4, 0.5) is 5.69 Å². The van der Waals surface area contributed by atoms with Crippen molar-refractivity contribution in [3.05, 3.63) is 97.6 Å². The maximum atomic E-state index is 11.6. The van der Waals surface area contributed by atoms with Crippen LogP contribution in [0.15, 0.2) is 48.5 Å². The molecule has 0 radical (unpaired) electrons. The van der Waals surface area contributed by atoms with Crippen molar-refractivity contribution in [1.29, 1.82) is 0 Å². The summed E-state index contributed by atoms with van der Waals surface area (Å²) in [5, 5.41) is 34.6. The van der Waals surface area contributed by atoms with Gasteiger partial charge in [-0.3, -0.25) is 10.1 Å². The van der Waals surface area contributed by atoms with Crippen LogP contribution in [0.5, 0.6) is 11.5 Å². The van der Waals surface area contributed by atoms with Gasteiger partial charge in [-0.05, 0) is 41.4 Å². The molecule has 0 aliphatic rings. The van der Waals surface area contributed by atoms with Gasteiger partial charge in [0.1, 0.15) is 11.5 Å². The molecule has 0 saturated carbocycles. The number of hydrogen-bond donors (Lipinski definition) is 2. The molecule has 0 spiro atoms. The molecule has 34 heavy (non-hydrogen) atoms. The molecule has 0 aliphatic carbocycles. The molecule has 2 N–H and O–H groups in total. The highest BCUT2D eigenvalue weighted by atomic mass is 16.6. The molecule has 0 unspecified atom stereocenters. The lowest BCUT2D eigenvalue weighted by atomic mass is 9.76. The van der Waals surface area contributed by atoms with Crippen molar-refractivity contribution >= 4 is 5.69 Å². The van der Waals surface area contributed by atoms with E-state index in [1.165, 1.54) is 12.1 Å². The van der Waals surface area contributed by atoms with E-state index in [0.29, 0.717) is 16.7 Å². The average molecular weight is 462 g/mol. The fraction of sp³-hybridized carbons (Fsp3) is 0.379. The van der Waals surface area contributed by atoms with Gasteiger partial charge in [0.15, 0.2) is 0 Å². The van der Waals surface area contributed by atoms with Crippen molar-refractivity contribution in [2.24, 2.45) is 0 Å². The Morgan fingerprint density at radius 1 is 0.765 bits per heavy atom. The van der Waals surface area contributed by atoms with Gasteiger partial charge >= 0.3 is 0 Å². The summed E-state index contributed by atoms with van der Waals surface area (Å²) in [7, 11) is 0. The second kappa shape index (κ2) is 8.79. The monoisotopic (exact) mass is 461 g/mol.